The summed E-state index contributed by atoms with van der Waals surface area (Å²) in [5, 5.41) is 10.7. The highest BCUT2D eigenvalue weighted by Gasteiger charge is 2.27. The van der Waals surface area contributed by atoms with Crippen molar-refractivity contribution in [3.05, 3.63) is 40.7 Å². The third kappa shape index (κ3) is 3.23. The van der Waals surface area contributed by atoms with Crippen LogP contribution in [0, 0.1) is 0 Å². The summed E-state index contributed by atoms with van der Waals surface area (Å²) in [5.41, 5.74) is 3.50. The van der Waals surface area contributed by atoms with Crippen LogP contribution in [0.2, 0.25) is 0 Å². The van der Waals surface area contributed by atoms with Gasteiger partial charge in [-0.1, -0.05) is 20.8 Å². The van der Waals surface area contributed by atoms with E-state index >= 15 is 0 Å². The van der Waals surface area contributed by atoms with Crippen molar-refractivity contribution in [3.8, 4) is 0 Å². The average molecular weight is 354 g/mol. The van der Waals surface area contributed by atoms with Gasteiger partial charge >= 0.3 is 0 Å². The highest BCUT2D eigenvalue weighted by Crippen LogP contribution is 2.25. The summed E-state index contributed by atoms with van der Waals surface area (Å²) < 4.78 is 0. The number of nitrogens with one attached hydrogen (secondary N) is 2. The number of hydrogen-bond acceptors (Lipinski definition) is 5. The largest absolute Gasteiger partial charge is 0.332 e. The second-order valence-corrected chi connectivity index (χ2v) is 8.24. The van der Waals surface area contributed by atoms with Gasteiger partial charge in [-0.2, -0.15) is 5.10 Å². The predicted molar refractivity (Wildman–Crippen MR) is 97.7 cm³/mol. The summed E-state index contributed by atoms with van der Waals surface area (Å²) in [6.07, 6.45) is 4.92. The molecule has 1 saturated heterocycles. The Hall–Kier alpha value is -2.28. The van der Waals surface area contributed by atoms with E-state index in [1.165, 1.54) is 6.42 Å². The van der Waals surface area contributed by atoms with Crippen LogP contribution in [0.1, 0.15) is 72.9 Å². The molecule has 1 fully saturated rings. The molecular formula is C19H26N6O. The number of fused-ring (bicyclic) bond motifs is 1. The number of H-pyrrole nitrogens is 1. The van der Waals surface area contributed by atoms with Gasteiger partial charge in [0.05, 0.1) is 11.7 Å². The molecule has 4 rings (SSSR count). The lowest BCUT2D eigenvalue weighted by Gasteiger charge is -2.28. The summed E-state index contributed by atoms with van der Waals surface area (Å²) in [6.45, 7) is 8.54. The lowest BCUT2D eigenvalue weighted by Crippen LogP contribution is -2.37. The van der Waals surface area contributed by atoms with E-state index in [0.29, 0.717) is 18.8 Å². The van der Waals surface area contributed by atoms with Crippen molar-refractivity contribution < 1.29 is 4.79 Å². The van der Waals surface area contributed by atoms with Crippen LogP contribution in [0.25, 0.3) is 0 Å². The molecule has 2 N–H and O–H groups in total. The van der Waals surface area contributed by atoms with Crippen LogP contribution in [-0.2, 0) is 18.4 Å². The molecular weight excluding hydrogens is 328 g/mol. The molecule has 0 aromatic carbocycles. The molecule has 7 nitrogen and oxygen atoms in total. The van der Waals surface area contributed by atoms with Gasteiger partial charge in [0.15, 0.2) is 0 Å². The van der Waals surface area contributed by atoms with E-state index in [2.05, 4.69) is 41.3 Å². The molecule has 0 unspecified atom stereocenters. The molecule has 2 aliphatic rings. The van der Waals surface area contributed by atoms with Crippen LogP contribution in [0.3, 0.4) is 0 Å². The number of carbonyl (C=O) groups is 1. The Bertz CT molecular complexity index is 816. The molecule has 1 atom stereocenters. The molecule has 26 heavy (non-hydrogen) atoms. The van der Waals surface area contributed by atoms with Crippen LogP contribution >= 0.6 is 0 Å². The average Bonchev–Trinajstić information content (AvgIpc) is 3.31. The lowest BCUT2D eigenvalue weighted by atomic mass is 9.92. The summed E-state index contributed by atoms with van der Waals surface area (Å²) in [7, 11) is 0. The van der Waals surface area contributed by atoms with Gasteiger partial charge in [-0.3, -0.25) is 9.89 Å². The van der Waals surface area contributed by atoms with E-state index in [1.54, 1.807) is 0 Å². The topological polar surface area (TPSA) is 86.8 Å². The fourth-order valence-corrected chi connectivity index (χ4v) is 3.56. The van der Waals surface area contributed by atoms with Gasteiger partial charge in [0.1, 0.15) is 11.5 Å². The second kappa shape index (κ2) is 6.46. The Morgan fingerprint density at radius 1 is 1.35 bits per heavy atom. The smallest absolute Gasteiger partial charge is 0.274 e. The van der Waals surface area contributed by atoms with Crippen molar-refractivity contribution in [3.63, 3.8) is 0 Å². The van der Waals surface area contributed by atoms with E-state index < -0.39 is 0 Å². The summed E-state index contributed by atoms with van der Waals surface area (Å²) in [5.74, 6) is 0.854. The van der Waals surface area contributed by atoms with Gasteiger partial charge < -0.3 is 10.2 Å². The monoisotopic (exact) mass is 354 g/mol. The van der Waals surface area contributed by atoms with Crippen molar-refractivity contribution >= 4 is 5.91 Å². The highest BCUT2D eigenvalue weighted by molar-refractivity contribution is 5.92. The molecule has 0 spiro atoms. The number of aromatic nitrogens is 4. The molecule has 2 aromatic rings. The summed E-state index contributed by atoms with van der Waals surface area (Å²) in [6, 6.07) is 2.14. The molecule has 0 aliphatic carbocycles. The summed E-state index contributed by atoms with van der Waals surface area (Å²) in [4.78, 5) is 24.0. The summed E-state index contributed by atoms with van der Waals surface area (Å²) >= 11 is 0. The normalized spacial score (nSPS) is 20.3. The number of aromatic amines is 1. The van der Waals surface area contributed by atoms with Gasteiger partial charge in [-0.25, -0.2) is 9.97 Å². The predicted octanol–water partition coefficient (Wildman–Crippen LogP) is 2.12. The fourth-order valence-electron chi connectivity index (χ4n) is 3.56. The zero-order valence-electron chi connectivity index (χ0n) is 15.7. The van der Waals surface area contributed by atoms with Crippen LogP contribution in [0.4, 0.5) is 0 Å². The van der Waals surface area contributed by atoms with Crippen LogP contribution in [0.5, 0.6) is 0 Å². The Kier molecular flexibility index (Phi) is 4.26. The van der Waals surface area contributed by atoms with Crippen molar-refractivity contribution in [2.24, 2.45) is 0 Å². The molecule has 138 valence electrons. The van der Waals surface area contributed by atoms with Crippen molar-refractivity contribution in [2.45, 2.75) is 58.0 Å². The van der Waals surface area contributed by atoms with E-state index in [9.17, 15) is 4.79 Å². The number of nitrogens with zero attached hydrogens (tertiary/aromatic N) is 4. The quantitative estimate of drug-likeness (QED) is 0.863. The van der Waals surface area contributed by atoms with Crippen LogP contribution < -0.4 is 5.32 Å². The highest BCUT2D eigenvalue weighted by atomic mass is 16.2. The van der Waals surface area contributed by atoms with Gasteiger partial charge in [0.25, 0.3) is 5.91 Å². The third-order valence-electron chi connectivity index (χ3n) is 5.22. The van der Waals surface area contributed by atoms with Crippen LogP contribution in [0.15, 0.2) is 12.3 Å². The Morgan fingerprint density at radius 3 is 2.88 bits per heavy atom. The van der Waals surface area contributed by atoms with Crippen molar-refractivity contribution in [1.82, 2.24) is 30.4 Å². The minimum absolute atomic E-state index is 0.0380. The first-order valence-corrected chi connectivity index (χ1v) is 9.35. The minimum atomic E-state index is -0.0570. The molecule has 0 radical (unpaired) electrons. The standard InChI is InChI=1S/C19H26N6O/c1-19(2,3)16-9-15(23-24-16)18(26)25-8-6-13-12(11-25)10-21-17(22-13)14-5-4-7-20-14/h9-10,14,20H,4-8,11H2,1-3H3,(H,23,24)/t14-/m0/s1. The van der Waals surface area contributed by atoms with Gasteiger partial charge in [-0.15, -0.1) is 0 Å². The Morgan fingerprint density at radius 2 is 2.19 bits per heavy atom. The number of rotatable bonds is 2. The number of amides is 1. The van der Waals surface area contributed by atoms with Gasteiger partial charge in [-0.05, 0) is 25.5 Å². The minimum Gasteiger partial charge on any atom is -0.332 e. The zero-order chi connectivity index (χ0) is 18.3. The molecule has 1 amide bonds. The molecule has 2 aliphatic heterocycles. The van der Waals surface area contributed by atoms with Crippen molar-refractivity contribution in [2.75, 3.05) is 13.1 Å². The maximum atomic E-state index is 12.8. The molecule has 2 aromatic heterocycles. The SMILES string of the molecule is CC(C)(C)c1cc(C(=O)N2CCc3nc([C@@H]4CCCN4)ncc3C2)n[nH]1. The molecule has 0 bridgehead atoms. The van der Waals surface area contributed by atoms with Crippen LogP contribution in [-0.4, -0.2) is 44.1 Å². The Balaban J connectivity index is 1.49. The first-order chi connectivity index (χ1) is 12.4. The number of hydrogen-bond donors (Lipinski definition) is 2. The van der Waals surface area contributed by atoms with Crippen molar-refractivity contribution in [1.29, 1.82) is 0 Å². The van der Waals surface area contributed by atoms with E-state index in [4.69, 9.17) is 4.98 Å². The first-order valence-electron chi connectivity index (χ1n) is 9.35. The molecule has 4 heterocycles. The molecule has 7 heteroatoms. The van der Waals surface area contributed by atoms with E-state index in [0.717, 1.165) is 42.2 Å². The maximum Gasteiger partial charge on any atom is 0.274 e. The Labute approximate surface area is 153 Å². The van der Waals surface area contributed by atoms with Gasteiger partial charge in [0, 0.05) is 42.4 Å². The third-order valence-corrected chi connectivity index (χ3v) is 5.22. The molecule has 0 saturated carbocycles. The maximum absolute atomic E-state index is 12.8. The zero-order valence-corrected chi connectivity index (χ0v) is 15.7. The van der Waals surface area contributed by atoms with E-state index in [-0.39, 0.29) is 17.4 Å². The second-order valence-electron chi connectivity index (χ2n) is 8.24. The van der Waals surface area contributed by atoms with Gasteiger partial charge in [0.2, 0.25) is 0 Å². The van der Waals surface area contributed by atoms with E-state index in [1.807, 2.05) is 17.2 Å². The first kappa shape index (κ1) is 17.1. The fraction of sp³-hybridized carbons (Fsp3) is 0.579. The number of carbonyl (C=O) groups excluding carboxylic acids is 1. The lowest BCUT2D eigenvalue weighted by molar-refractivity contribution is 0.0727.